The Bertz CT molecular complexity index is 707. The first-order valence-electron chi connectivity index (χ1n) is 9.07. The summed E-state index contributed by atoms with van der Waals surface area (Å²) in [5.74, 6) is 1.87. The summed E-state index contributed by atoms with van der Waals surface area (Å²) in [5.41, 5.74) is 3.31. The minimum atomic E-state index is 0.229. The lowest BCUT2D eigenvalue weighted by Crippen LogP contribution is -2.36. The van der Waals surface area contributed by atoms with Gasteiger partial charge >= 0.3 is 0 Å². The third kappa shape index (κ3) is 6.52. The molecule has 0 spiro atoms. The van der Waals surface area contributed by atoms with Crippen LogP contribution in [0.1, 0.15) is 56.2 Å². The molecule has 1 heterocycles. The van der Waals surface area contributed by atoms with Crippen LogP contribution in [0.15, 0.2) is 39.8 Å². The molecule has 0 aliphatic carbocycles. The zero-order chi connectivity index (χ0) is 18.9. The summed E-state index contributed by atoms with van der Waals surface area (Å²) < 4.78 is 11.0. The first-order chi connectivity index (χ1) is 12.5. The predicted molar refractivity (Wildman–Crippen MR) is 104 cm³/mol. The molecule has 1 aromatic heterocycles. The minimum absolute atomic E-state index is 0.229. The molecule has 0 atom stereocenters. The van der Waals surface area contributed by atoms with E-state index >= 15 is 0 Å². The highest BCUT2D eigenvalue weighted by molar-refractivity contribution is 5.79. The average molecular weight is 358 g/mol. The molecule has 2 aromatic rings. The Hall–Kier alpha value is -2.34. The summed E-state index contributed by atoms with van der Waals surface area (Å²) in [7, 11) is 1.75. The normalized spacial score (nSPS) is 12.0. The molecule has 0 saturated heterocycles. The summed E-state index contributed by atoms with van der Waals surface area (Å²) in [6, 6.07) is 10.3. The smallest absolute Gasteiger partial charge is 0.191 e. The second kappa shape index (κ2) is 9.97. The second-order valence-electron chi connectivity index (χ2n) is 6.83. The molecular formula is C20H30N4O2. The van der Waals surface area contributed by atoms with E-state index < -0.39 is 0 Å². The van der Waals surface area contributed by atoms with Crippen molar-refractivity contribution in [3.8, 4) is 0 Å². The van der Waals surface area contributed by atoms with Crippen molar-refractivity contribution in [1.82, 2.24) is 15.8 Å². The molecule has 1 aromatic carbocycles. The molecule has 6 nitrogen and oxygen atoms in total. The number of benzene rings is 1. The van der Waals surface area contributed by atoms with Crippen LogP contribution in [0, 0.1) is 0 Å². The highest BCUT2D eigenvalue weighted by Gasteiger charge is 2.08. The molecule has 6 heteroatoms. The van der Waals surface area contributed by atoms with Crippen molar-refractivity contribution in [1.29, 1.82) is 0 Å². The molecule has 0 aliphatic heterocycles. The van der Waals surface area contributed by atoms with Crippen LogP contribution in [0.3, 0.4) is 0 Å². The Morgan fingerprint density at radius 2 is 1.85 bits per heavy atom. The summed E-state index contributed by atoms with van der Waals surface area (Å²) in [4.78, 5) is 4.25. The van der Waals surface area contributed by atoms with Gasteiger partial charge in [0.1, 0.15) is 0 Å². The van der Waals surface area contributed by atoms with Gasteiger partial charge in [-0.25, -0.2) is 0 Å². The van der Waals surface area contributed by atoms with Crippen LogP contribution in [-0.2, 0) is 24.4 Å². The molecule has 0 aliphatic rings. The molecule has 0 amide bonds. The molecular weight excluding hydrogens is 328 g/mol. The van der Waals surface area contributed by atoms with Crippen molar-refractivity contribution < 1.29 is 9.26 Å². The fourth-order valence-electron chi connectivity index (χ4n) is 2.35. The van der Waals surface area contributed by atoms with Crippen LogP contribution in [-0.4, -0.2) is 24.3 Å². The summed E-state index contributed by atoms with van der Waals surface area (Å²) in [5, 5.41) is 10.6. The monoisotopic (exact) mass is 358 g/mol. The van der Waals surface area contributed by atoms with Gasteiger partial charge in [0.15, 0.2) is 11.7 Å². The molecule has 2 rings (SSSR count). The molecule has 0 fully saturated rings. The predicted octanol–water partition coefficient (Wildman–Crippen LogP) is 3.59. The van der Waals surface area contributed by atoms with E-state index in [2.05, 4.69) is 52.8 Å². The van der Waals surface area contributed by atoms with E-state index in [4.69, 9.17) is 9.26 Å². The van der Waals surface area contributed by atoms with E-state index in [1.807, 2.05) is 26.0 Å². The molecule has 0 saturated carbocycles. The SMILES string of the molecule is CN=C(NCc1cccc(COC(C)C)c1)NCc1cc(C(C)C)no1. The minimum Gasteiger partial charge on any atom is -0.374 e. The van der Waals surface area contributed by atoms with Crippen molar-refractivity contribution in [2.75, 3.05) is 7.05 Å². The van der Waals surface area contributed by atoms with Crippen LogP contribution in [0.25, 0.3) is 0 Å². The van der Waals surface area contributed by atoms with Gasteiger partial charge in [-0.05, 0) is 30.9 Å². The maximum Gasteiger partial charge on any atom is 0.191 e. The number of guanidine groups is 1. The van der Waals surface area contributed by atoms with Gasteiger partial charge in [0, 0.05) is 19.7 Å². The van der Waals surface area contributed by atoms with E-state index in [1.54, 1.807) is 7.05 Å². The van der Waals surface area contributed by atoms with Gasteiger partial charge in [-0.15, -0.1) is 0 Å². The lowest BCUT2D eigenvalue weighted by Gasteiger charge is -2.12. The van der Waals surface area contributed by atoms with Crippen LogP contribution in [0.4, 0.5) is 0 Å². The van der Waals surface area contributed by atoms with Gasteiger partial charge in [0.05, 0.1) is 24.9 Å². The number of hydrogen-bond donors (Lipinski definition) is 2. The van der Waals surface area contributed by atoms with Crippen LogP contribution >= 0.6 is 0 Å². The van der Waals surface area contributed by atoms with E-state index in [9.17, 15) is 0 Å². The van der Waals surface area contributed by atoms with Crippen LogP contribution < -0.4 is 10.6 Å². The van der Waals surface area contributed by atoms with Gasteiger partial charge in [0.2, 0.25) is 0 Å². The van der Waals surface area contributed by atoms with Gasteiger partial charge in [-0.1, -0.05) is 43.3 Å². The van der Waals surface area contributed by atoms with Gasteiger partial charge in [-0.2, -0.15) is 0 Å². The summed E-state index contributed by atoms with van der Waals surface area (Å²) >= 11 is 0. The van der Waals surface area contributed by atoms with Crippen molar-refractivity contribution >= 4 is 5.96 Å². The molecule has 2 N–H and O–H groups in total. The number of nitrogens with zero attached hydrogens (tertiary/aromatic N) is 2. The fraction of sp³-hybridized carbons (Fsp3) is 0.500. The highest BCUT2D eigenvalue weighted by Crippen LogP contribution is 2.13. The van der Waals surface area contributed by atoms with E-state index in [0.29, 0.717) is 25.6 Å². The Balaban J connectivity index is 1.83. The summed E-state index contributed by atoms with van der Waals surface area (Å²) in [6.07, 6.45) is 0.229. The Kier molecular flexibility index (Phi) is 7.66. The third-order valence-corrected chi connectivity index (χ3v) is 3.86. The van der Waals surface area contributed by atoms with Gasteiger partial charge in [0.25, 0.3) is 0 Å². The zero-order valence-electron chi connectivity index (χ0n) is 16.4. The number of hydrogen-bond acceptors (Lipinski definition) is 4. The first kappa shape index (κ1) is 20.0. The molecule has 0 radical (unpaired) electrons. The molecule has 142 valence electrons. The topological polar surface area (TPSA) is 71.7 Å². The molecule has 0 unspecified atom stereocenters. The van der Waals surface area contributed by atoms with E-state index in [-0.39, 0.29) is 6.10 Å². The van der Waals surface area contributed by atoms with Crippen molar-refractivity contribution in [3.05, 3.63) is 52.9 Å². The lowest BCUT2D eigenvalue weighted by molar-refractivity contribution is 0.0657. The number of nitrogens with one attached hydrogen (secondary N) is 2. The van der Waals surface area contributed by atoms with Crippen LogP contribution in [0.5, 0.6) is 0 Å². The maximum atomic E-state index is 5.66. The van der Waals surface area contributed by atoms with E-state index in [0.717, 1.165) is 17.4 Å². The van der Waals surface area contributed by atoms with Gasteiger partial charge < -0.3 is 19.9 Å². The number of ether oxygens (including phenoxy) is 1. The lowest BCUT2D eigenvalue weighted by atomic mass is 10.1. The highest BCUT2D eigenvalue weighted by atomic mass is 16.5. The largest absolute Gasteiger partial charge is 0.374 e. The molecule has 0 bridgehead atoms. The Morgan fingerprint density at radius 3 is 2.50 bits per heavy atom. The third-order valence-electron chi connectivity index (χ3n) is 3.86. The quantitative estimate of drug-likeness (QED) is 0.557. The first-order valence-corrected chi connectivity index (χ1v) is 9.07. The van der Waals surface area contributed by atoms with Crippen LogP contribution in [0.2, 0.25) is 0 Å². The number of rotatable bonds is 8. The average Bonchev–Trinajstić information content (AvgIpc) is 3.10. The zero-order valence-corrected chi connectivity index (χ0v) is 16.4. The Morgan fingerprint density at radius 1 is 1.12 bits per heavy atom. The fourth-order valence-corrected chi connectivity index (χ4v) is 2.35. The standard InChI is InChI=1S/C20H30N4O2/c1-14(2)19-10-18(26-24-19)12-23-20(21-5)22-11-16-7-6-8-17(9-16)13-25-15(3)4/h6-10,14-15H,11-13H2,1-5H3,(H2,21,22,23). The van der Waals surface area contributed by atoms with E-state index in [1.165, 1.54) is 11.1 Å². The number of aromatic nitrogens is 1. The summed E-state index contributed by atoms with van der Waals surface area (Å²) in [6.45, 7) is 10.1. The Labute approximate surface area is 156 Å². The van der Waals surface area contributed by atoms with Gasteiger partial charge in [-0.3, -0.25) is 4.99 Å². The van der Waals surface area contributed by atoms with Crippen molar-refractivity contribution in [2.45, 2.75) is 59.4 Å². The van der Waals surface area contributed by atoms with Crippen molar-refractivity contribution in [2.24, 2.45) is 4.99 Å². The van der Waals surface area contributed by atoms with Crippen molar-refractivity contribution in [3.63, 3.8) is 0 Å². The second-order valence-corrected chi connectivity index (χ2v) is 6.83. The maximum absolute atomic E-state index is 5.66. The number of aliphatic imine (C=N–C) groups is 1. The molecule has 26 heavy (non-hydrogen) atoms.